The van der Waals surface area contributed by atoms with Gasteiger partial charge in [0.15, 0.2) is 0 Å². The molecule has 1 heterocycles. The lowest BCUT2D eigenvalue weighted by atomic mass is 10.0. The first kappa shape index (κ1) is 15.4. The van der Waals surface area contributed by atoms with Crippen LogP contribution in [-0.2, 0) is 21.4 Å². The van der Waals surface area contributed by atoms with Crippen molar-refractivity contribution in [3.63, 3.8) is 0 Å². The van der Waals surface area contributed by atoms with Gasteiger partial charge in [0.25, 0.3) is 0 Å². The smallest absolute Gasteiger partial charge is 0.243 e. The van der Waals surface area contributed by atoms with Gasteiger partial charge >= 0.3 is 0 Å². The van der Waals surface area contributed by atoms with Gasteiger partial charge in [0.1, 0.15) is 10.7 Å². The summed E-state index contributed by atoms with van der Waals surface area (Å²) in [6.07, 6.45) is 0.781. The molecule has 5 nitrogen and oxygen atoms in total. The van der Waals surface area contributed by atoms with Crippen molar-refractivity contribution in [3.05, 3.63) is 29.6 Å². The van der Waals surface area contributed by atoms with Crippen molar-refractivity contribution in [2.24, 2.45) is 5.92 Å². The van der Waals surface area contributed by atoms with Crippen LogP contribution in [0.5, 0.6) is 0 Å². The van der Waals surface area contributed by atoms with E-state index >= 15 is 0 Å². The highest BCUT2D eigenvalue weighted by Crippen LogP contribution is 2.21. The standard InChI is InChI=1S/C13H18FNO4S/c1-9(11-4-5-19-8-11)15-20(17,18)13-6-10(7-16)2-3-12(13)14/h2-3,6,9,11,15-16H,4-5,7-8H2,1H3. The number of rotatable bonds is 5. The van der Waals surface area contributed by atoms with E-state index in [1.54, 1.807) is 6.92 Å². The van der Waals surface area contributed by atoms with Crippen LogP contribution in [0.15, 0.2) is 23.1 Å². The third kappa shape index (κ3) is 3.35. The molecule has 0 aromatic heterocycles. The summed E-state index contributed by atoms with van der Waals surface area (Å²) in [5.41, 5.74) is 0.351. The van der Waals surface area contributed by atoms with Crippen LogP contribution in [0, 0.1) is 11.7 Å². The Balaban J connectivity index is 2.21. The molecule has 0 aliphatic carbocycles. The fourth-order valence-electron chi connectivity index (χ4n) is 2.20. The molecular weight excluding hydrogens is 285 g/mol. The molecule has 1 fully saturated rings. The summed E-state index contributed by atoms with van der Waals surface area (Å²) in [6, 6.07) is 3.21. The summed E-state index contributed by atoms with van der Waals surface area (Å²) < 4.78 is 45.8. The molecule has 0 bridgehead atoms. The minimum Gasteiger partial charge on any atom is -0.392 e. The van der Waals surface area contributed by atoms with E-state index < -0.39 is 20.7 Å². The topological polar surface area (TPSA) is 75.6 Å². The molecule has 0 radical (unpaired) electrons. The number of nitrogens with one attached hydrogen (secondary N) is 1. The van der Waals surface area contributed by atoms with Gasteiger partial charge in [-0.1, -0.05) is 6.07 Å². The summed E-state index contributed by atoms with van der Waals surface area (Å²) in [6.45, 7) is 2.52. The molecular formula is C13H18FNO4S. The zero-order chi connectivity index (χ0) is 14.8. The van der Waals surface area contributed by atoms with Gasteiger partial charge in [0.05, 0.1) is 13.2 Å². The lowest BCUT2D eigenvalue weighted by molar-refractivity contribution is 0.180. The lowest BCUT2D eigenvalue weighted by Crippen LogP contribution is -2.38. The average Bonchev–Trinajstić information content (AvgIpc) is 2.92. The first-order chi connectivity index (χ1) is 9.44. The van der Waals surface area contributed by atoms with Gasteiger partial charge in [0, 0.05) is 18.6 Å². The van der Waals surface area contributed by atoms with E-state index in [9.17, 15) is 12.8 Å². The van der Waals surface area contributed by atoms with Crippen molar-refractivity contribution >= 4 is 10.0 Å². The van der Waals surface area contributed by atoms with Gasteiger partial charge in [-0.05, 0) is 31.0 Å². The number of ether oxygens (including phenoxy) is 1. The maximum Gasteiger partial charge on any atom is 0.243 e. The van der Waals surface area contributed by atoms with Crippen LogP contribution in [0.25, 0.3) is 0 Å². The maximum absolute atomic E-state index is 13.7. The van der Waals surface area contributed by atoms with Crippen LogP contribution in [0.2, 0.25) is 0 Å². The predicted octanol–water partition coefficient (Wildman–Crippen LogP) is 1.02. The SMILES string of the molecule is CC(NS(=O)(=O)c1cc(CO)ccc1F)C1CCOC1. The Kier molecular flexibility index (Phi) is 4.74. The summed E-state index contributed by atoms with van der Waals surface area (Å²) in [5.74, 6) is -0.738. The monoisotopic (exact) mass is 303 g/mol. The van der Waals surface area contributed by atoms with Gasteiger partial charge < -0.3 is 9.84 Å². The fraction of sp³-hybridized carbons (Fsp3) is 0.538. The summed E-state index contributed by atoms with van der Waals surface area (Å²) in [7, 11) is -3.95. The summed E-state index contributed by atoms with van der Waals surface area (Å²) in [5, 5.41) is 9.02. The van der Waals surface area contributed by atoms with Crippen LogP contribution in [0.4, 0.5) is 4.39 Å². The van der Waals surface area contributed by atoms with E-state index in [1.165, 1.54) is 6.07 Å². The molecule has 1 saturated heterocycles. The van der Waals surface area contributed by atoms with E-state index in [4.69, 9.17) is 9.84 Å². The van der Waals surface area contributed by atoms with Crippen molar-refractivity contribution < 1.29 is 22.7 Å². The van der Waals surface area contributed by atoms with E-state index in [-0.39, 0.29) is 18.6 Å². The molecule has 1 aliphatic rings. The largest absolute Gasteiger partial charge is 0.392 e. The van der Waals surface area contributed by atoms with Crippen LogP contribution in [0.3, 0.4) is 0 Å². The van der Waals surface area contributed by atoms with Crippen LogP contribution >= 0.6 is 0 Å². The summed E-state index contributed by atoms with van der Waals surface area (Å²) in [4.78, 5) is -0.435. The Morgan fingerprint density at radius 1 is 1.55 bits per heavy atom. The number of sulfonamides is 1. The molecule has 2 unspecified atom stereocenters. The number of hydrogen-bond acceptors (Lipinski definition) is 4. The molecule has 1 aromatic rings. The highest BCUT2D eigenvalue weighted by molar-refractivity contribution is 7.89. The number of aliphatic hydroxyl groups is 1. The molecule has 0 saturated carbocycles. The van der Waals surface area contributed by atoms with Crippen LogP contribution in [-0.4, -0.2) is 32.8 Å². The van der Waals surface area contributed by atoms with Crippen molar-refractivity contribution in [3.8, 4) is 0 Å². The first-order valence-electron chi connectivity index (χ1n) is 6.43. The Bertz CT molecular complexity index is 570. The number of aliphatic hydroxyl groups excluding tert-OH is 1. The fourth-order valence-corrected chi connectivity index (χ4v) is 3.64. The second-order valence-electron chi connectivity index (χ2n) is 4.96. The molecule has 0 amide bonds. The van der Waals surface area contributed by atoms with Gasteiger partial charge in [-0.3, -0.25) is 0 Å². The quantitative estimate of drug-likeness (QED) is 0.851. The van der Waals surface area contributed by atoms with E-state index in [0.717, 1.165) is 18.6 Å². The minimum atomic E-state index is -3.95. The number of benzene rings is 1. The van der Waals surface area contributed by atoms with Gasteiger partial charge in [0.2, 0.25) is 10.0 Å². The predicted molar refractivity (Wildman–Crippen MR) is 71.0 cm³/mol. The number of hydrogen-bond donors (Lipinski definition) is 2. The highest BCUT2D eigenvalue weighted by Gasteiger charge is 2.28. The molecule has 2 atom stereocenters. The van der Waals surface area contributed by atoms with Gasteiger partial charge in [-0.2, -0.15) is 0 Å². The molecule has 2 N–H and O–H groups in total. The van der Waals surface area contributed by atoms with Crippen LogP contribution in [0.1, 0.15) is 18.9 Å². The van der Waals surface area contributed by atoms with Crippen molar-refractivity contribution in [1.29, 1.82) is 0 Å². The third-order valence-electron chi connectivity index (χ3n) is 3.48. The van der Waals surface area contributed by atoms with Gasteiger partial charge in [-0.15, -0.1) is 0 Å². The normalized spacial score (nSPS) is 21.1. The average molecular weight is 303 g/mol. The molecule has 0 spiro atoms. The van der Waals surface area contributed by atoms with Crippen molar-refractivity contribution in [1.82, 2.24) is 4.72 Å². The Morgan fingerprint density at radius 3 is 2.90 bits per heavy atom. The first-order valence-corrected chi connectivity index (χ1v) is 7.91. The molecule has 1 aliphatic heterocycles. The van der Waals surface area contributed by atoms with E-state index in [0.29, 0.717) is 18.8 Å². The molecule has 7 heteroatoms. The van der Waals surface area contributed by atoms with E-state index in [2.05, 4.69) is 4.72 Å². The Labute approximate surface area is 117 Å². The summed E-state index contributed by atoms with van der Waals surface area (Å²) >= 11 is 0. The lowest BCUT2D eigenvalue weighted by Gasteiger charge is -2.19. The Morgan fingerprint density at radius 2 is 2.30 bits per heavy atom. The zero-order valence-corrected chi connectivity index (χ0v) is 12.0. The van der Waals surface area contributed by atoms with Crippen molar-refractivity contribution in [2.75, 3.05) is 13.2 Å². The number of halogens is 1. The van der Waals surface area contributed by atoms with Crippen LogP contribution < -0.4 is 4.72 Å². The van der Waals surface area contributed by atoms with E-state index in [1.807, 2.05) is 0 Å². The minimum absolute atomic E-state index is 0.0915. The molecule has 1 aromatic carbocycles. The molecule has 20 heavy (non-hydrogen) atoms. The highest BCUT2D eigenvalue weighted by atomic mass is 32.2. The third-order valence-corrected chi connectivity index (χ3v) is 5.05. The molecule has 112 valence electrons. The van der Waals surface area contributed by atoms with Gasteiger partial charge in [-0.25, -0.2) is 17.5 Å². The second-order valence-corrected chi connectivity index (χ2v) is 6.64. The van der Waals surface area contributed by atoms with Crippen molar-refractivity contribution in [2.45, 2.75) is 30.9 Å². The second kappa shape index (κ2) is 6.17. The zero-order valence-electron chi connectivity index (χ0n) is 11.2. The Hall–Kier alpha value is -1.02. The maximum atomic E-state index is 13.7. The molecule has 2 rings (SSSR count).